The number of phenols is 2. The summed E-state index contributed by atoms with van der Waals surface area (Å²) in [6.45, 7) is 1.52. The largest absolute Gasteiger partial charge is 0.507 e. The molecule has 2 aromatic rings. The summed E-state index contributed by atoms with van der Waals surface area (Å²) in [5, 5.41) is 43.6. The molecule has 0 spiro atoms. The molecule has 2 aromatic carbocycles. The van der Waals surface area contributed by atoms with Crippen LogP contribution in [0.15, 0.2) is 24.3 Å². The van der Waals surface area contributed by atoms with Crippen LogP contribution in [-0.4, -0.2) is 74.3 Å². The first kappa shape index (κ1) is 26.3. The maximum Gasteiger partial charge on any atom is 0.298 e. The second-order valence-corrected chi connectivity index (χ2v) is 9.91. The van der Waals surface area contributed by atoms with Crippen LogP contribution in [0.3, 0.4) is 0 Å². The number of halogens is 2. The van der Waals surface area contributed by atoms with Crippen LogP contribution in [0.25, 0.3) is 0 Å². The van der Waals surface area contributed by atoms with Crippen molar-refractivity contribution in [3.8, 4) is 11.5 Å². The van der Waals surface area contributed by atoms with E-state index in [1.165, 1.54) is 31.2 Å². The van der Waals surface area contributed by atoms with Gasteiger partial charge in [0.1, 0.15) is 17.1 Å². The van der Waals surface area contributed by atoms with Crippen LogP contribution in [0.4, 0.5) is 8.78 Å². The fourth-order valence-corrected chi connectivity index (χ4v) is 5.55. The minimum atomic E-state index is -3.57. The standard InChI is InChI=1S/C26H25F2NO9/c1-9-19(30)13(29)6-15(37-9)38-14-8-26(36,24(35)25(27)28)7-12-16(14)23(34)18-17(22(12)33)20(31)10-4-2-3-5-11(10)21(18)32/h2-5,9,13-15,19,25,30,33-34,36H,6-8,29H2,1H3/t9-,13-,14-,15-,19+,26-/m0/s1. The third-order valence-electron chi connectivity index (χ3n) is 7.50. The molecule has 1 saturated heterocycles. The lowest BCUT2D eigenvalue weighted by Gasteiger charge is -2.42. The smallest absolute Gasteiger partial charge is 0.298 e. The number of benzene rings is 2. The lowest BCUT2D eigenvalue weighted by atomic mass is 9.72. The molecule has 0 aromatic heterocycles. The summed E-state index contributed by atoms with van der Waals surface area (Å²) < 4.78 is 38.4. The zero-order valence-corrected chi connectivity index (χ0v) is 20.1. The van der Waals surface area contributed by atoms with E-state index < -0.39 is 95.5 Å². The zero-order chi connectivity index (χ0) is 27.7. The van der Waals surface area contributed by atoms with Gasteiger partial charge in [-0.1, -0.05) is 24.3 Å². The molecular formula is C26H25F2NO9. The summed E-state index contributed by atoms with van der Waals surface area (Å²) in [7, 11) is 0. The molecule has 0 radical (unpaired) electrons. The van der Waals surface area contributed by atoms with Crippen molar-refractivity contribution in [1.29, 1.82) is 0 Å². The van der Waals surface area contributed by atoms with Crippen molar-refractivity contribution in [1.82, 2.24) is 0 Å². The Morgan fingerprint density at radius 3 is 2.26 bits per heavy atom. The van der Waals surface area contributed by atoms with Gasteiger partial charge < -0.3 is 35.6 Å². The first-order valence-electron chi connectivity index (χ1n) is 11.9. The lowest BCUT2D eigenvalue weighted by molar-refractivity contribution is -0.247. The Hall–Kier alpha value is -3.29. The van der Waals surface area contributed by atoms with Gasteiger partial charge in [0.25, 0.3) is 6.43 Å². The molecule has 0 unspecified atom stereocenters. The highest BCUT2D eigenvalue weighted by Crippen LogP contribution is 2.52. The van der Waals surface area contributed by atoms with E-state index in [2.05, 4.69) is 0 Å². The first-order chi connectivity index (χ1) is 17.9. The van der Waals surface area contributed by atoms with Crippen LogP contribution < -0.4 is 5.73 Å². The van der Waals surface area contributed by atoms with E-state index in [1.54, 1.807) is 0 Å². The normalized spacial score (nSPS) is 30.6. The zero-order valence-electron chi connectivity index (χ0n) is 20.1. The number of aliphatic hydroxyl groups is 2. The average Bonchev–Trinajstić information content (AvgIpc) is 2.87. The number of nitrogens with two attached hydrogens (primary N) is 1. The maximum absolute atomic E-state index is 13.5. The number of hydrogen-bond donors (Lipinski definition) is 5. The Bertz CT molecular complexity index is 1350. The number of aromatic hydroxyl groups is 2. The van der Waals surface area contributed by atoms with E-state index in [-0.39, 0.29) is 28.7 Å². The summed E-state index contributed by atoms with van der Waals surface area (Å²) in [4.78, 5) is 39.0. The highest BCUT2D eigenvalue weighted by molar-refractivity contribution is 6.30. The highest BCUT2D eigenvalue weighted by Gasteiger charge is 2.51. The number of carbonyl (C=O) groups is 3. The molecule has 12 heteroatoms. The molecule has 3 aliphatic rings. The molecule has 5 rings (SSSR count). The molecule has 6 N–H and O–H groups in total. The van der Waals surface area contributed by atoms with Crippen molar-refractivity contribution in [2.45, 2.75) is 68.9 Å². The summed E-state index contributed by atoms with van der Waals surface area (Å²) in [6, 6.07) is 4.96. The molecule has 0 bridgehead atoms. The molecule has 10 nitrogen and oxygen atoms in total. The van der Waals surface area contributed by atoms with Gasteiger partial charge in [-0.15, -0.1) is 0 Å². The van der Waals surface area contributed by atoms with Crippen LogP contribution in [0.1, 0.15) is 68.8 Å². The van der Waals surface area contributed by atoms with Crippen molar-refractivity contribution < 1.29 is 53.1 Å². The van der Waals surface area contributed by atoms with Gasteiger partial charge in [0, 0.05) is 47.6 Å². The Kier molecular flexibility index (Phi) is 6.35. The van der Waals surface area contributed by atoms with Gasteiger partial charge in [0.15, 0.2) is 17.9 Å². The van der Waals surface area contributed by atoms with E-state index in [0.29, 0.717) is 0 Å². The van der Waals surface area contributed by atoms with Crippen molar-refractivity contribution >= 4 is 17.3 Å². The number of alkyl halides is 2. The summed E-state index contributed by atoms with van der Waals surface area (Å²) >= 11 is 0. The quantitative estimate of drug-likeness (QED) is 0.307. The Morgan fingerprint density at radius 2 is 1.71 bits per heavy atom. The summed E-state index contributed by atoms with van der Waals surface area (Å²) in [5.41, 5.74) is 1.44. The second kappa shape index (κ2) is 9.17. The third kappa shape index (κ3) is 3.91. The second-order valence-electron chi connectivity index (χ2n) is 9.91. The molecule has 1 fully saturated rings. The van der Waals surface area contributed by atoms with Gasteiger partial charge >= 0.3 is 0 Å². The van der Waals surface area contributed by atoms with E-state index in [4.69, 9.17) is 15.2 Å². The third-order valence-corrected chi connectivity index (χ3v) is 7.50. The minimum Gasteiger partial charge on any atom is -0.507 e. The number of Topliss-reactive ketones (excluding diaryl/α,β-unsaturated/α-hetero) is 1. The monoisotopic (exact) mass is 533 g/mol. The maximum atomic E-state index is 13.5. The van der Waals surface area contributed by atoms with Gasteiger partial charge in [-0.05, 0) is 6.92 Å². The van der Waals surface area contributed by atoms with Crippen LogP contribution in [0, 0.1) is 0 Å². The van der Waals surface area contributed by atoms with Crippen molar-refractivity contribution in [3.63, 3.8) is 0 Å². The van der Waals surface area contributed by atoms with Crippen molar-refractivity contribution in [2.24, 2.45) is 5.73 Å². The number of fused-ring (bicyclic) bond motifs is 3. The molecule has 1 heterocycles. The van der Waals surface area contributed by atoms with Crippen LogP contribution in [-0.2, 0) is 20.7 Å². The summed E-state index contributed by atoms with van der Waals surface area (Å²) in [5.74, 6) is -4.99. The summed E-state index contributed by atoms with van der Waals surface area (Å²) in [6.07, 6.45) is -9.82. The fraction of sp³-hybridized carbons (Fsp3) is 0.423. The van der Waals surface area contributed by atoms with Crippen molar-refractivity contribution in [3.05, 3.63) is 57.6 Å². The number of hydrogen-bond acceptors (Lipinski definition) is 10. The number of rotatable bonds is 4. The topological polar surface area (TPSA) is 177 Å². The predicted molar refractivity (Wildman–Crippen MR) is 124 cm³/mol. The Morgan fingerprint density at radius 1 is 1.13 bits per heavy atom. The number of phenolic OH excluding ortho intramolecular Hbond substituents is 2. The lowest BCUT2D eigenvalue weighted by Crippen LogP contribution is -2.53. The number of carbonyl (C=O) groups excluding carboxylic acids is 3. The molecule has 1 aliphatic heterocycles. The number of aliphatic hydroxyl groups excluding tert-OH is 1. The van der Waals surface area contributed by atoms with E-state index in [9.17, 15) is 43.6 Å². The molecule has 6 atom stereocenters. The molecule has 0 amide bonds. The molecular weight excluding hydrogens is 508 g/mol. The van der Waals surface area contributed by atoms with Crippen LogP contribution in [0.2, 0.25) is 0 Å². The minimum absolute atomic E-state index is 0.0123. The van der Waals surface area contributed by atoms with E-state index >= 15 is 0 Å². The van der Waals surface area contributed by atoms with Gasteiger partial charge in [-0.25, -0.2) is 8.78 Å². The van der Waals surface area contributed by atoms with Crippen LogP contribution >= 0.6 is 0 Å². The average molecular weight is 533 g/mol. The highest BCUT2D eigenvalue weighted by atomic mass is 19.3. The van der Waals surface area contributed by atoms with Crippen LogP contribution in [0.5, 0.6) is 11.5 Å². The first-order valence-corrected chi connectivity index (χ1v) is 11.9. The van der Waals surface area contributed by atoms with Gasteiger partial charge in [-0.3, -0.25) is 14.4 Å². The number of ether oxygens (including phenoxy) is 2. The van der Waals surface area contributed by atoms with Gasteiger partial charge in [-0.2, -0.15) is 0 Å². The predicted octanol–water partition coefficient (Wildman–Crippen LogP) is 1.27. The number of ketones is 3. The van der Waals surface area contributed by atoms with Crippen molar-refractivity contribution in [2.75, 3.05) is 0 Å². The molecule has 2 aliphatic carbocycles. The van der Waals surface area contributed by atoms with E-state index in [1.807, 2.05) is 0 Å². The molecule has 38 heavy (non-hydrogen) atoms. The van der Waals surface area contributed by atoms with Gasteiger partial charge in [0.05, 0.1) is 29.4 Å². The Balaban J connectivity index is 1.67. The SMILES string of the molecule is C[C@@H]1O[C@@H](O[C@H]2C[C@](O)(C(=O)C(F)F)Cc3c(O)c4c(c(O)c32)C(=O)c2ccccc2C4=O)C[C@H](N)[C@@H]1O. The molecule has 202 valence electrons. The molecule has 0 saturated carbocycles. The Labute approximate surface area is 214 Å². The fourth-order valence-electron chi connectivity index (χ4n) is 5.55. The van der Waals surface area contributed by atoms with Gasteiger partial charge in [0.2, 0.25) is 5.78 Å². The van der Waals surface area contributed by atoms with E-state index in [0.717, 1.165) is 0 Å².